The van der Waals surface area contributed by atoms with Crippen molar-refractivity contribution < 1.29 is 9.47 Å². The molecule has 2 aromatic rings. The molecule has 0 saturated carbocycles. The minimum atomic E-state index is 0.684. The third kappa shape index (κ3) is 2.93. The summed E-state index contributed by atoms with van der Waals surface area (Å²) >= 11 is 0. The predicted octanol–water partition coefficient (Wildman–Crippen LogP) is 2.79. The van der Waals surface area contributed by atoms with Crippen molar-refractivity contribution >= 4 is 10.8 Å². The van der Waals surface area contributed by atoms with Gasteiger partial charge in [0.05, 0.1) is 7.11 Å². The van der Waals surface area contributed by atoms with Crippen LogP contribution in [0.2, 0.25) is 0 Å². The van der Waals surface area contributed by atoms with E-state index in [2.05, 4.69) is 11.0 Å². The van der Waals surface area contributed by atoms with Crippen molar-refractivity contribution in [3.05, 3.63) is 36.4 Å². The van der Waals surface area contributed by atoms with Crippen LogP contribution in [-0.4, -0.2) is 39.3 Å². The Morgan fingerprint density at radius 3 is 2.67 bits per heavy atom. The zero-order valence-corrected chi connectivity index (χ0v) is 11.1. The van der Waals surface area contributed by atoms with E-state index in [0.29, 0.717) is 6.61 Å². The van der Waals surface area contributed by atoms with E-state index >= 15 is 0 Å². The lowest BCUT2D eigenvalue weighted by molar-refractivity contribution is 0.263. The zero-order chi connectivity index (χ0) is 13.0. The summed E-state index contributed by atoms with van der Waals surface area (Å²) in [7, 11) is 5.75. The molecule has 0 amide bonds. The topological polar surface area (TPSA) is 21.7 Å². The Labute approximate surface area is 108 Å². The monoisotopic (exact) mass is 245 g/mol. The number of fused-ring (bicyclic) bond motifs is 1. The van der Waals surface area contributed by atoms with Gasteiger partial charge in [-0.1, -0.05) is 18.2 Å². The number of likely N-dealkylation sites (N-methyl/N-ethyl adjacent to an activating group) is 1. The number of rotatable bonds is 5. The second kappa shape index (κ2) is 5.74. The Bertz CT molecular complexity index is 523. The highest BCUT2D eigenvalue weighted by Crippen LogP contribution is 2.29. The fourth-order valence-corrected chi connectivity index (χ4v) is 1.81. The normalized spacial score (nSPS) is 10.9. The van der Waals surface area contributed by atoms with Crippen LogP contribution in [0.25, 0.3) is 10.8 Å². The first-order valence-corrected chi connectivity index (χ1v) is 6.05. The van der Waals surface area contributed by atoms with Gasteiger partial charge in [-0.2, -0.15) is 0 Å². The van der Waals surface area contributed by atoms with Crippen molar-refractivity contribution in [3.63, 3.8) is 0 Å². The van der Waals surface area contributed by atoms with Crippen LogP contribution in [0.3, 0.4) is 0 Å². The molecule has 3 heteroatoms. The summed E-state index contributed by atoms with van der Waals surface area (Å²) in [5.74, 6) is 1.76. The Morgan fingerprint density at radius 2 is 1.94 bits per heavy atom. The minimum absolute atomic E-state index is 0.684. The zero-order valence-electron chi connectivity index (χ0n) is 11.1. The quantitative estimate of drug-likeness (QED) is 0.808. The summed E-state index contributed by atoms with van der Waals surface area (Å²) < 4.78 is 11.1. The Morgan fingerprint density at radius 1 is 1.11 bits per heavy atom. The summed E-state index contributed by atoms with van der Waals surface area (Å²) in [6, 6.07) is 12.1. The van der Waals surface area contributed by atoms with Crippen LogP contribution in [0.5, 0.6) is 11.5 Å². The molecule has 18 heavy (non-hydrogen) atoms. The van der Waals surface area contributed by atoms with Crippen LogP contribution in [0.4, 0.5) is 0 Å². The van der Waals surface area contributed by atoms with Crippen molar-refractivity contribution in [1.82, 2.24) is 4.90 Å². The van der Waals surface area contributed by atoms with Gasteiger partial charge in [0, 0.05) is 11.9 Å². The number of ether oxygens (including phenoxy) is 2. The van der Waals surface area contributed by atoms with Gasteiger partial charge in [-0.25, -0.2) is 0 Å². The first-order valence-electron chi connectivity index (χ1n) is 6.05. The van der Waals surface area contributed by atoms with Crippen LogP contribution < -0.4 is 9.47 Å². The lowest BCUT2D eigenvalue weighted by Gasteiger charge is -2.13. The molecule has 0 fully saturated rings. The van der Waals surface area contributed by atoms with Gasteiger partial charge in [0.15, 0.2) is 0 Å². The standard InChI is InChI=1S/C15H19NO2/c1-16(2)9-10-18-15-6-4-5-12-7-8-13(17-3)11-14(12)15/h4-8,11H,9-10H2,1-3H3. The first-order chi connectivity index (χ1) is 8.70. The highest BCUT2D eigenvalue weighted by atomic mass is 16.5. The van der Waals surface area contributed by atoms with E-state index in [0.717, 1.165) is 28.8 Å². The average molecular weight is 245 g/mol. The van der Waals surface area contributed by atoms with E-state index < -0.39 is 0 Å². The maximum absolute atomic E-state index is 5.83. The fourth-order valence-electron chi connectivity index (χ4n) is 1.81. The molecule has 0 aliphatic heterocycles. The van der Waals surface area contributed by atoms with Crippen molar-refractivity contribution in [1.29, 1.82) is 0 Å². The second-order valence-electron chi connectivity index (χ2n) is 4.49. The van der Waals surface area contributed by atoms with Crippen molar-refractivity contribution in [2.24, 2.45) is 0 Å². The van der Waals surface area contributed by atoms with E-state index in [1.807, 2.05) is 44.4 Å². The predicted molar refractivity (Wildman–Crippen MR) is 74.5 cm³/mol. The molecule has 0 unspecified atom stereocenters. The van der Waals surface area contributed by atoms with Gasteiger partial charge in [-0.15, -0.1) is 0 Å². The molecule has 0 radical (unpaired) electrons. The van der Waals surface area contributed by atoms with Crippen LogP contribution in [0, 0.1) is 0 Å². The average Bonchev–Trinajstić information content (AvgIpc) is 2.38. The molecule has 3 nitrogen and oxygen atoms in total. The summed E-state index contributed by atoms with van der Waals surface area (Å²) in [5, 5.41) is 2.26. The SMILES string of the molecule is COc1ccc2cccc(OCCN(C)C)c2c1. The molecular weight excluding hydrogens is 226 g/mol. The summed E-state index contributed by atoms with van der Waals surface area (Å²) in [6.45, 7) is 1.59. The number of methoxy groups -OCH3 is 1. The van der Waals surface area contributed by atoms with Gasteiger partial charge in [0.1, 0.15) is 18.1 Å². The number of hydrogen-bond donors (Lipinski definition) is 0. The summed E-state index contributed by atoms with van der Waals surface area (Å²) in [5.41, 5.74) is 0. The molecule has 0 aromatic heterocycles. The third-order valence-corrected chi connectivity index (χ3v) is 2.85. The fraction of sp³-hybridized carbons (Fsp3) is 0.333. The molecule has 0 N–H and O–H groups in total. The molecule has 0 spiro atoms. The molecular formula is C15H19NO2. The van der Waals surface area contributed by atoms with Crippen molar-refractivity contribution in [2.45, 2.75) is 0 Å². The van der Waals surface area contributed by atoms with Crippen LogP contribution in [0.1, 0.15) is 0 Å². The molecule has 0 atom stereocenters. The minimum Gasteiger partial charge on any atom is -0.497 e. The van der Waals surface area contributed by atoms with E-state index in [9.17, 15) is 0 Å². The van der Waals surface area contributed by atoms with Gasteiger partial charge < -0.3 is 14.4 Å². The van der Waals surface area contributed by atoms with Crippen LogP contribution >= 0.6 is 0 Å². The van der Waals surface area contributed by atoms with E-state index in [4.69, 9.17) is 9.47 Å². The highest BCUT2D eigenvalue weighted by Gasteiger charge is 2.03. The maximum Gasteiger partial charge on any atom is 0.127 e. The highest BCUT2D eigenvalue weighted by molar-refractivity contribution is 5.89. The number of hydrogen-bond acceptors (Lipinski definition) is 3. The molecule has 0 saturated heterocycles. The van der Waals surface area contributed by atoms with E-state index in [1.54, 1.807) is 7.11 Å². The van der Waals surface area contributed by atoms with Gasteiger partial charge in [-0.3, -0.25) is 0 Å². The van der Waals surface area contributed by atoms with Crippen molar-refractivity contribution in [3.8, 4) is 11.5 Å². The Hall–Kier alpha value is -1.74. The lowest BCUT2D eigenvalue weighted by Crippen LogP contribution is -2.19. The molecule has 2 rings (SSSR count). The number of benzene rings is 2. The van der Waals surface area contributed by atoms with Gasteiger partial charge in [0.25, 0.3) is 0 Å². The van der Waals surface area contributed by atoms with Crippen LogP contribution in [-0.2, 0) is 0 Å². The first kappa shape index (κ1) is 12.7. The second-order valence-corrected chi connectivity index (χ2v) is 4.49. The Kier molecular flexibility index (Phi) is 4.05. The molecule has 0 aliphatic rings. The smallest absolute Gasteiger partial charge is 0.127 e. The largest absolute Gasteiger partial charge is 0.497 e. The molecule has 2 aromatic carbocycles. The Balaban J connectivity index is 2.25. The summed E-state index contributed by atoms with van der Waals surface area (Å²) in [4.78, 5) is 2.10. The number of nitrogens with zero attached hydrogens (tertiary/aromatic N) is 1. The van der Waals surface area contributed by atoms with Gasteiger partial charge in [0.2, 0.25) is 0 Å². The van der Waals surface area contributed by atoms with Crippen LogP contribution in [0.15, 0.2) is 36.4 Å². The molecule has 0 aliphatic carbocycles. The third-order valence-electron chi connectivity index (χ3n) is 2.85. The van der Waals surface area contributed by atoms with Crippen molar-refractivity contribution in [2.75, 3.05) is 34.4 Å². The van der Waals surface area contributed by atoms with E-state index in [1.165, 1.54) is 0 Å². The molecule has 0 bridgehead atoms. The molecule has 0 heterocycles. The summed E-state index contributed by atoms with van der Waals surface area (Å²) in [6.07, 6.45) is 0. The van der Waals surface area contributed by atoms with E-state index in [-0.39, 0.29) is 0 Å². The lowest BCUT2D eigenvalue weighted by atomic mass is 10.1. The van der Waals surface area contributed by atoms with Gasteiger partial charge in [-0.05, 0) is 37.7 Å². The maximum atomic E-state index is 5.83. The molecule has 96 valence electrons. The van der Waals surface area contributed by atoms with Gasteiger partial charge >= 0.3 is 0 Å².